The highest BCUT2D eigenvalue weighted by molar-refractivity contribution is 7.14. The summed E-state index contributed by atoms with van der Waals surface area (Å²) >= 11 is 1.18. The van der Waals surface area contributed by atoms with Crippen LogP contribution >= 0.6 is 11.3 Å². The molecule has 4 rings (SSSR count). The molecule has 0 bridgehead atoms. The smallest absolute Gasteiger partial charge is 0.257 e. The number of carbonyl (C=O) groups excluding carboxylic acids is 3. The average molecular weight is 438 g/mol. The van der Waals surface area contributed by atoms with Crippen LogP contribution < -0.4 is 15.5 Å². The quantitative estimate of drug-likeness (QED) is 0.622. The van der Waals surface area contributed by atoms with Gasteiger partial charge in [-0.2, -0.15) is 0 Å². The number of aromatic nitrogens is 1. The maximum Gasteiger partial charge on any atom is 0.257 e. The number of amides is 3. The van der Waals surface area contributed by atoms with E-state index < -0.39 is 5.82 Å². The number of anilines is 3. The molecule has 0 aliphatic carbocycles. The molecular weight excluding hydrogens is 419 g/mol. The van der Waals surface area contributed by atoms with Gasteiger partial charge in [0.15, 0.2) is 5.13 Å². The number of hydrogen-bond acceptors (Lipinski definition) is 5. The maximum atomic E-state index is 14.4. The van der Waals surface area contributed by atoms with E-state index in [-0.39, 0.29) is 23.3 Å². The van der Waals surface area contributed by atoms with Crippen molar-refractivity contribution in [1.82, 2.24) is 4.98 Å². The lowest BCUT2D eigenvalue weighted by atomic mass is 10.1. The summed E-state index contributed by atoms with van der Waals surface area (Å²) in [4.78, 5) is 41.7. The van der Waals surface area contributed by atoms with E-state index in [4.69, 9.17) is 0 Å². The summed E-state index contributed by atoms with van der Waals surface area (Å²) in [5, 5.41) is 7.21. The predicted molar refractivity (Wildman–Crippen MR) is 118 cm³/mol. The van der Waals surface area contributed by atoms with Gasteiger partial charge in [0, 0.05) is 47.8 Å². The first-order valence-electron chi connectivity index (χ1n) is 9.65. The molecule has 7 nitrogen and oxygen atoms in total. The lowest BCUT2D eigenvalue weighted by molar-refractivity contribution is -0.117. The summed E-state index contributed by atoms with van der Waals surface area (Å²) < 4.78 is 14.4. The van der Waals surface area contributed by atoms with Crippen LogP contribution in [0.2, 0.25) is 0 Å². The molecule has 0 radical (unpaired) electrons. The molecule has 1 aromatic heterocycles. The third-order valence-corrected chi connectivity index (χ3v) is 5.54. The normalized spacial score (nSPS) is 13.4. The Morgan fingerprint density at radius 2 is 2.00 bits per heavy atom. The molecule has 9 heteroatoms. The molecule has 1 aliphatic rings. The molecule has 1 aliphatic heterocycles. The van der Waals surface area contributed by atoms with Crippen molar-refractivity contribution in [2.75, 3.05) is 22.1 Å². The minimum atomic E-state index is -0.530. The lowest BCUT2D eigenvalue weighted by Gasteiger charge is -2.16. The van der Waals surface area contributed by atoms with Crippen LogP contribution in [0, 0.1) is 5.82 Å². The second-order valence-electron chi connectivity index (χ2n) is 7.07. The Labute approximate surface area is 181 Å². The first kappa shape index (κ1) is 20.7. The number of carbonyl (C=O) groups is 3. The predicted octanol–water partition coefficient (Wildman–Crippen LogP) is 4.29. The second kappa shape index (κ2) is 8.65. The SMILES string of the molecule is CC(=O)Nc1ccc(-c2csc(NC(=O)c3cccc(N4CCCC4=O)c3)n2)c(F)c1. The van der Waals surface area contributed by atoms with Gasteiger partial charge in [0.25, 0.3) is 5.91 Å². The Kier molecular flexibility index (Phi) is 5.77. The van der Waals surface area contributed by atoms with Crippen molar-refractivity contribution in [3.8, 4) is 11.3 Å². The Hall–Kier alpha value is -3.59. The van der Waals surface area contributed by atoms with Crippen LogP contribution in [0.3, 0.4) is 0 Å². The van der Waals surface area contributed by atoms with Crippen molar-refractivity contribution in [3.63, 3.8) is 0 Å². The molecule has 31 heavy (non-hydrogen) atoms. The summed E-state index contributed by atoms with van der Waals surface area (Å²) in [5.74, 6) is -1.13. The van der Waals surface area contributed by atoms with Gasteiger partial charge >= 0.3 is 0 Å². The number of nitrogens with one attached hydrogen (secondary N) is 2. The van der Waals surface area contributed by atoms with Crippen molar-refractivity contribution in [2.45, 2.75) is 19.8 Å². The van der Waals surface area contributed by atoms with E-state index in [0.29, 0.717) is 40.7 Å². The standard InChI is InChI=1S/C22H19FN4O3S/c1-13(28)24-15-7-8-17(18(23)11-15)19-12-31-22(25-19)26-21(30)14-4-2-5-16(10-14)27-9-3-6-20(27)29/h2,4-5,7-8,10-12H,3,6,9H2,1H3,(H,24,28)(H,25,26,30). The molecule has 0 spiro atoms. The molecule has 1 fully saturated rings. The van der Waals surface area contributed by atoms with Gasteiger partial charge in [0.1, 0.15) is 5.82 Å². The molecule has 0 saturated carbocycles. The van der Waals surface area contributed by atoms with Crippen LogP contribution in [0.4, 0.5) is 20.9 Å². The second-order valence-corrected chi connectivity index (χ2v) is 7.93. The summed E-state index contributed by atoms with van der Waals surface area (Å²) in [7, 11) is 0. The Balaban J connectivity index is 1.49. The molecule has 0 atom stereocenters. The highest BCUT2D eigenvalue weighted by Crippen LogP contribution is 2.29. The third kappa shape index (κ3) is 4.61. The molecule has 0 unspecified atom stereocenters. The molecular formula is C22H19FN4O3S. The molecule has 158 valence electrons. The number of nitrogens with zero attached hydrogens (tertiary/aromatic N) is 2. The van der Waals surface area contributed by atoms with Crippen molar-refractivity contribution < 1.29 is 18.8 Å². The Bertz CT molecular complexity index is 1180. The van der Waals surface area contributed by atoms with Crippen LogP contribution in [-0.4, -0.2) is 29.3 Å². The Morgan fingerprint density at radius 1 is 1.16 bits per heavy atom. The van der Waals surface area contributed by atoms with Crippen molar-refractivity contribution in [3.05, 3.63) is 59.2 Å². The lowest BCUT2D eigenvalue weighted by Crippen LogP contribution is -2.24. The van der Waals surface area contributed by atoms with Crippen molar-refractivity contribution >= 4 is 45.6 Å². The molecule has 3 aromatic rings. The summed E-state index contributed by atoms with van der Waals surface area (Å²) in [6, 6.07) is 11.2. The zero-order chi connectivity index (χ0) is 22.0. The third-order valence-electron chi connectivity index (χ3n) is 4.78. The van der Waals surface area contributed by atoms with E-state index in [1.165, 1.54) is 30.4 Å². The van der Waals surface area contributed by atoms with Gasteiger partial charge in [0.2, 0.25) is 11.8 Å². The van der Waals surface area contributed by atoms with Gasteiger partial charge in [0.05, 0.1) is 5.69 Å². The number of hydrogen-bond donors (Lipinski definition) is 2. The van der Waals surface area contributed by atoms with E-state index in [9.17, 15) is 18.8 Å². The summed E-state index contributed by atoms with van der Waals surface area (Å²) in [6.07, 6.45) is 1.32. The first-order chi connectivity index (χ1) is 14.9. The molecule has 1 saturated heterocycles. The number of halogens is 1. The van der Waals surface area contributed by atoms with Crippen LogP contribution in [-0.2, 0) is 9.59 Å². The molecule has 2 aromatic carbocycles. The zero-order valence-electron chi connectivity index (χ0n) is 16.6. The van der Waals surface area contributed by atoms with E-state index in [1.54, 1.807) is 40.6 Å². The van der Waals surface area contributed by atoms with Crippen LogP contribution in [0.5, 0.6) is 0 Å². The van der Waals surface area contributed by atoms with E-state index in [2.05, 4.69) is 15.6 Å². The maximum absolute atomic E-state index is 14.4. The van der Waals surface area contributed by atoms with Gasteiger partial charge in [-0.25, -0.2) is 9.37 Å². The highest BCUT2D eigenvalue weighted by Gasteiger charge is 2.22. The van der Waals surface area contributed by atoms with Crippen molar-refractivity contribution in [2.24, 2.45) is 0 Å². The minimum absolute atomic E-state index is 0.0497. The van der Waals surface area contributed by atoms with Gasteiger partial charge in [-0.3, -0.25) is 19.7 Å². The fourth-order valence-electron chi connectivity index (χ4n) is 3.36. The zero-order valence-corrected chi connectivity index (χ0v) is 17.5. The monoisotopic (exact) mass is 438 g/mol. The van der Waals surface area contributed by atoms with Gasteiger partial charge in [-0.1, -0.05) is 6.07 Å². The van der Waals surface area contributed by atoms with E-state index in [0.717, 1.165) is 6.42 Å². The van der Waals surface area contributed by atoms with E-state index in [1.807, 2.05) is 0 Å². The number of benzene rings is 2. The van der Waals surface area contributed by atoms with Crippen molar-refractivity contribution in [1.29, 1.82) is 0 Å². The largest absolute Gasteiger partial charge is 0.326 e. The number of rotatable bonds is 5. The summed E-state index contributed by atoms with van der Waals surface area (Å²) in [6.45, 7) is 1.99. The number of thiazole rings is 1. The fourth-order valence-corrected chi connectivity index (χ4v) is 4.07. The van der Waals surface area contributed by atoms with Gasteiger partial charge in [-0.15, -0.1) is 11.3 Å². The van der Waals surface area contributed by atoms with Crippen LogP contribution in [0.1, 0.15) is 30.1 Å². The average Bonchev–Trinajstić information content (AvgIpc) is 3.36. The highest BCUT2D eigenvalue weighted by atomic mass is 32.1. The molecule has 2 N–H and O–H groups in total. The fraction of sp³-hybridized carbons (Fsp3) is 0.182. The Morgan fingerprint density at radius 3 is 2.71 bits per heavy atom. The van der Waals surface area contributed by atoms with Gasteiger partial charge in [-0.05, 0) is 42.8 Å². The topological polar surface area (TPSA) is 91.4 Å². The molecule has 2 heterocycles. The minimum Gasteiger partial charge on any atom is -0.326 e. The first-order valence-corrected chi connectivity index (χ1v) is 10.5. The van der Waals surface area contributed by atoms with Gasteiger partial charge < -0.3 is 10.2 Å². The summed E-state index contributed by atoms with van der Waals surface area (Å²) in [5.41, 5.74) is 2.09. The van der Waals surface area contributed by atoms with Crippen LogP contribution in [0.15, 0.2) is 47.8 Å². The van der Waals surface area contributed by atoms with Crippen LogP contribution in [0.25, 0.3) is 11.3 Å². The van der Waals surface area contributed by atoms with E-state index >= 15 is 0 Å². The molecule has 3 amide bonds.